The van der Waals surface area contributed by atoms with Gasteiger partial charge in [-0.3, -0.25) is 5.10 Å². The Morgan fingerprint density at radius 1 is 1.04 bits per heavy atom. The number of aromatic amines is 1. The molecule has 0 aliphatic heterocycles. The van der Waals surface area contributed by atoms with E-state index in [1.165, 1.54) is 0 Å². The van der Waals surface area contributed by atoms with Gasteiger partial charge in [0.1, 0.15) is 11.6 Å². The van der Waals surface area contributed by atoms with Gasteiger partial charge < -0.3 is 25.3 Å². The zero-order valence-corrected chi connectivity index (χ0v) is 15.5. The Bertz CT molecular complexity index is 897. The molecule has 0 unspecified atom stereocenters. The highest BCUT2D eigenvalue weighted by atomic mass is 16.5. The second-order valence-electron chi connectivity index (χ2n) is 5.82. The summed E-state index contributed by atoms with van der Waals surface area (Å²) < 4.78 is 15.8. The first kappa shape index (κ1) is 18.5. The second kappa shape index (κ2) is 8.41. The van der Waals surface area contributed by atoms with Crippen molar-refractivity contribution in [2.24, 2.45) is 5.73 Å². The van der Waals surface area contributed by atoms with Gasteiger partial charge in [-0.25, -0.2) is 4.98 Å². The largest absolute Gasteiger partial charge is 0.497 e. The van der Waals surface area contributed by atoms with Crippen LogP contribution in [-0.4, -0.2) is 36.5 Å². The van der Waals surface area contributed by atoms with Crippen molar-refractivity contribution in [1.29, 1.82) is 0 Å². The van der Waals surface area contributed by atoms with Gasteiger partial charge in [-0.1, -0.05) is 12.1 Å². The van der Waals surface area contributed by atoms with Crippen LogP contribution in [0, 0.1) is 0 Å². The number of hydrogen-bond donors (Lipinski definition) is 3. The van der Waals surface area contributed by atoms with Gasteiger partial charge in [0, 0.05) is 11.8 Å². The summed E-state index contributed by atoms with van der Waals surface area (Å²) in [6.07, 6.45) is 0. The van der Waals surface area contributed by atoms with E-state index in [0.717, 1.165) is 17.0 Å². The van der Waals surface area contributed by atoms with Crippen molar-refractivity contribution in [3.8, 4) is 17.2 Å². The minimum Gasteiger partial charge on any atom is -0.497 e. The molecule has 0 aliphatic rings. The molecule has 0 fully saturated rings. The Morgan fingerprint density at radius 2 is 1.85 bits per heavy atom. The van der Waals surface area contributed by atoms with Crippen molar-refractivity contribution < 1.29 is 14.2 Å². The van der Waals surface area contributed by atoms with E-state index in [4.69, 9.17) is 19.9 Å². The third kappa shape index (κ3) is 4.29. The summed E-state index contributed by atoms with van der Waals surface area (Å²) in [6, 6.07) is 12.7. The molecule has 2 aromatic carbocycles. The number of aromatic nitrogens is 3. The first-order valence-electron chi connectivity index (χ1n) is 8.41. The molecule has 0 saturated heterocycles. The molecule has 8 nitrogen and oxygen atoms in total. The van der Waals surface area contributed by atoms with E-state index in [1.54, 1.807) is 21.3 Å². The van der Waals surface area contributed by atoms with E-state index in [2.05, 4.69) is 20.5 Å². The summed E-state index contributed by atoms with van der Waals surface area (Å²) in [6.45, 7) is 0.485. The summed E-state index contributed by atoms with van der Waals surface area (Å²) >= 11 is 0. The van der Waals surface area contributed by atoms with Crippen LogP contribution >= 0.6 is 0 Å². The first-order chi connectivity index (χ1) is 13.1. The van der Waals surface area contributed by atoms with Gasteiger partial charge >= 0.3 is 0 Å². The summed E-state index contributed by atoms with van der Waals surface area (Å²) in [5, 5.41) is 10.4. The van der Waals surface area contributed by atoms with Crippen LogP contribution in [-0.2, 0) is 6.54 Å². The Hall–Kier alpha value is -3.26. The quantitative estimate of drug-likeness (QED) is 0.560. The second-order valence-corrected chi connectivity index (χ2v) is 5.82. The van der Waals surface area contributed by atoms with Gasteiger partial charge in [0.25, 0.3) is 0 Å². The van der Waals surface area contributed by atoms with Gasteiger partial charge in [-0.05, 0) is 29.8 Å². The number of nitrogens with two attached hydrogens (primary N) is 1. The third-order valence-electron chi connectivity index (χ3n) is 4.12. The van der Waals surface area contributed by atoms with Gasteiger partial charge in [0.05, 0.1) is 33.9 Å². The molecule has 0 aliphatic carbocycles. The predicted octanol–water partition coefficient (Wildman–Crippen LogP) is 2.49. The smallest absolute Gasteiger partial charge is 0.171 e. The van der Waals surface area contributed by atoms with E-state index in [0.29, 0.717) is 29.7 Å². The Balaban J connectivity index is 1.69. The van der Waals surface area contributed by atoms with Crippen LogP contribution in [0.3, 0.4) is 0 Å². The highest BCUT2D eigenvalue weighted by Gasteiger charge is 2.17. The Morgan fingerprint density at radius 3 is 2.59 bits per heavy atom. The summed E-state index contributed by atoms with van der Waals surface area (Å²) in [4.78, 5) is 4.48. The topological polar surface area (TPSA) is 107 Å². The van der Waals surface area contributed by atoms with Gasteiger partial charge in [0.15, 0.2) is 17.3 Å². The zero-order valence-electron chi connectivity index (χ0n) is 15.5. The minimum absolute atomic E-state index is 0.480. The lowest BCUT2D eigenvalue weighted by Gasteiger charge is -2.12. The van der Waals surface area contributed by atoms with Crippen LogP contribution in [0.15, 0.2) is 42.5 Å². The van der Waals surface area contributed by atoms with E-state index in [-0.39, 0.29) is 0 Å². The van der Waals surface area contributed by atoms with Gasteiger partial charge in [-0.15, -0.1) is 0 Å². The average Bonchev–Trinajstić information content (AvgIpc) is 3.20. The lowest BCUT2D eigenvalue weighted by molar-refractivity contribution is 0.354. The Kier molecular flexibility index (Phi) is 5.77. The number of rotatable bonds is 8. The van der Waals surface area contributed by atoms with E-state index < -0.39 is 6.04 Å². The SMILES string of the molecule is COc1cccc(NCc2nc([C@H](N)c3ccc(OC)c(OC)c3)n[nH]2)c1. The molecule has 0 amide bonds. The van der Waals surface area contributed by atoms with Crippen LogP contribution in [0.5, 0.6) is 17.2 Å². The van der Waals surface area contributed by atoms with Crippen molar-refractivity contribution in [3.05, 3.63) is 59.7 Å². The number of nitrogens with zero attached hydrogens (tertiary/aromatic N) is 2. The average molecular weight is 369 g/mol. The van der Waals surface area contributed by atoms with E-state index >= 15 is 0 Å². The van der Waals surface area contributed by atoms with Crippen molar-refractivity contribution in [2.75, 3.05) is 26.6 Å². The maximum absolute atomic E-state index is 6.31. The molecule has 0 radical (unpaired) electrons. The highest BCUT2D eigenvalue weighted by molar-refractivity contribution is 5.48. The van der Waals surface area contributed by atoms with Crippen molar-refractivity contribution in [3.63, 3.8) is 0 Å². The van der Waals surface area contributed by atoms with Crippen molar-refractivity contribution >= 4 is 5.69 Å². The molecule has 1 aromatic heterocycles. The number of methoxy groups -OCH3 is 3. The number of hydrogen-bond acceptors (Lipinski definition) is 7. The highest BCUT2D eigenvalue weighted by Crippen LogP contribution is 2.30. The Labute approximate surface area is 157 Å². The summed E-state index contributed by atoms with van der Waals surface area (Å²) in [5.41, 5.74) is 8.07. The number of anilines is 1. The van der Waals surface area contributed by atoms with Crippen LogP contribution in [0.25, 0.3) is 0 Å². The molecule has 1 atom stereocenters. The normalized spacial score (nSPS) is 11.7. The van der Waals surface area contributed by atoms with Crippen molar-refractivity contribution in [2.45, 2.75) is 12.6 Å². The molecule has 3 rings (SSSR count). The predicted molar refractivity (Wildman–Crippen MR) is 102 cm³/mol. The van der Waals surface area contributed by atoms with E-state index in [9.17, 15) is 0 Å². The zero-order chi connectivity index (χ0) is 19.2. The lowest BCUT2D eigenvalue weighted by Crippen LogP contribution is -2.14. The standard InChI is InChI=1S/C19H23N5O3/c1-25-14-6-4-5-13(10-14)21-11-17-22-19(24-23-17)18(20)12-7-8-15(26-2)16(9-12)27-3/h4-10,18,21H,11,20H2,1-3H3,(H,22,23,24)/t18-/m1/s1. The maximum atomic E-state index is 6.31. The van der Waals surface area contributed by atoms with Gasteiger partial charge in [0.2, 0.25) is 0 Å². The number of nitrogens with one attached hydrogen (secondary N) is 2. The fraction of sp³-hybridized carbons (Fsp3) is 0.263. The maximum Gasteiger partial charge on any atom is 0.171 e. The van der Waals surface area contributed by atoms with E-state index in [1.807, 2.05) is 42.5 Å². The molecule has 0 spiro atoms. The summed E-state index contributed by atoms with van der Waals surface area (Å²) in [5.74, 6) is 3.23. The van der Waals surface area contributed by atoms with Crippen LogP contribution in [0.2, 0.25) is 0 Å². The van der Waals surface area contributed by atoms with Crippen LogP contribution in [0.1, 0.15) is 23.3 Å². The fourth-order valence-corrected chi connectivity index (χ4v) is 2.64. The molecule has 3 aromatic rings. The monoisotopic (exact) mass is 369 g/mol. The fourth-order valence-electron chi connectivity index (χ4n) is 2.64. The molecule has 0 saturated carbocycles. The van der Waals surface area contributed by atoms with Crippen LogP contribution < -0.4 is 25.3 Å². The molecule has 0 bridgehead atoms. The number of H-pyrrole nitrogens is 1. The molecule has 8 heteroatoms. The summed E-state index contributed by atoms with van der Waals surface area (Å²) in [7, 11) is 4.81. The molecular weight excluding hydrogens is 346 g/mol. The third-order valence-corrected chi connectivity index (χ3v) is 4.12. The molecule has 142 valence electrons. The van der Waals surface area contributed by atoms with Gasteiger partial charge in [-0.2, -0.15) is 5.10 Å². The van der Waals surface area contributed by atoms with Crippen molar-refractivity contribution in [1.82, 2.24) is 15.2 Å². The molecule has 4 N–H and O–H groups in total. The first-order valence-corrected chi connectivity index (χ1v) is 8.41. The minimum atomic E-state index is -0.480. The number of ether oxygens (including phenoxy) is 3. The van der Waals surface area contributed by atoms with Crippen LogP contribution in [0.4, 0.5) is 5.69 Å². The molecule has 1 heterocycles. The lowest BCUT2D eigenvalue weighted by atomic mass is 10.1. The molecular formula is C19H23N5O3. The number of benzene rings is 2. The molecule has 27 heavy (non-hydrogen) atoms.